The molecule has 1 unspecified atom stereocenters. The van der Waals surface area contributed by atoms with Gasteiger partial charge in [0.15, 0.2) is 0 Å². The van der Waals surface area contributed by atoms with Crippen molar-refractivity contribution in [3.8, 4) is 5.75 Å². The summed E-state index contributed by atoms with van der Waals surface area (Å²) in [6.07, 6.45) is 10.4. The summed E-state index contributed by atoms with van der Waals surface area (Å²) in [5.74, 6) is 3.93. The van der Waals surface area contributed by atoms with E-state index in [0.29, 0.717) is 6.42 Å². The number of hydrogen-bond donors (Lipinski definition) is 0. The molecule has 0 bridgehead atoms. The molecule has 4 rings (SSSR count). The maximum absolute atomic E-state index is 12.8. The summed E-state index contributed by atoms with van der Waals surface area (Å²) in [6, 6.07) is 4.34. The van der Waals surface area contributed by atoms with Crippen molar-refractivity contribution in [1.29, 1.82) is 0 Å². The Morgan fingerprint density at radius 3 is 2.78 bits per heavy atom. The molecule has 0 radical (unpaired) electrons. The number of methoxy groups -OCH3 is 1. The van der Waals surface area contributed by atoms with Crippen molar-refractivity contribution in [2.75, 3.05) is 31.8 Å². The number of hydrogen-bond acceptors (Lipinski definition) is 4. The monoisotopic (exact) mass is 458 g/mol. The predicted octanol–water partition coefficient (Wildman–Crippen LogP) is 4.58. The van der Waals surface area contributed by atoms with E-state index in [-0.39, 0.29) is 17.9 Å². The van der Waals surface area contributed by atoms with Gasteiger partial charge in [0, 0.05) is 25.3 Å². The molecule has 1 aromatic rings. The highest BCUT2D eigenvalue weighted by molar-refractivity contribution is 7.99. The molecule has 176 valence electrons. The molecule has 1 aliphatic carbocycles. The second-order valence-corrected chi connectivity index (χ2v) is 10.8. The summed E-state index contributed by atoms with van der Waals surface area (Å²) >= 11 is 1.80. The van der Waals surface area contributed by atoms with E-state index in [1.165, 1.54) is 42.4 Å². The number of carbonyl (C=O) groups excluding carboxylic acids is 2. The maximum atomic E-state index is 12.8. The van der Waals surface area contributed by atoms with Crippen molar-refractivity contribution >= 4 is 23.6 Å². The van der Waals surface area contributed by atoms with E-state index in [1.54, 1.807) is 18.9 Å². The number of fused-ring (bicyclic) bond motifs is 1. The molecular weight excluding hydrogens is 420 g/mol. The fraction of sp³-hybridized carbons (Fsp3) is 0.692. The smallest absolute Gasteiger partial charge is 0.246 e. The second-order valence-electron chi connectivity index (χ2n) is 9.68. The number of ether oxygens (including phenoxy) is 1. The number of aryl methyl sites for hydroxylation is 2. The molecule has 2 atom stereocenters. The van der Waals surface area contributed by atoms with Gasteiger partial charge in [-0.15, -0.1) is 11.8 Å². The highest BCUT2D eigenvalue weighted by Gasteiger charge is 2.36. The van der Waals surface area contributed by atoms with Crippen LogP contribution < -0.4 is 4.74 Å². The molecule has 0 aromatic heterocycles. The Balaban J connectivity index is 1.17. The number of rotatable bonds is 8. The van der Waals surface area contributed by atoms with Gasteiger partial charge in [-0.2, -0.15) is 0 Å². The van der Waals surface area contributed by atoms with E-state index < -0.39 is 0 Å². The lowest BCUT2D eigenvalue weighted by atomic mass is 9.80. The van der Waals surface area contributed by atoms with Crippen LogP contribution in [-0.4, -0.2) is 59.5 Å². The van der Waals surface area contributed by atoms with Gasteiger partial charge in [-0.05, 0) is 74.1 Å². The van der Waals surface area contributed by atoms with Crippen LogP contribution in [0.4, 0.5) is 0 Å². The molecule has 2 fully saturated rings. The summed E-state index contributed by atoms with van der Waals surface area (Å²) in [5, 5.41) is 0. The summed E-state index contributed by atoms with van der Waals surface area (Å²) in [5.41, 5.74) is 4.18. The normalized spacial score (nSPS) is 22.8. The quantitative estimate of drug-likeness (QED) is 0.535. The first-order chi connectivity index (χ1) is 15.6. The molecule has 6 heteroatoms. The van der Waals surface area contributed by atoms with Crippen LogP contribution in [0.5, 0.6) is 5.75 Å². The summed E-state index contributed by atoms with van der Waals surface area (Å²) in [6.45, 7) is 3.71. The third-order valence-corrected chi connectivity index (χ3v) is 8.44. The van der Waals surface area contributed by atoms with Crippen LogP contribution in [0.3, 0.4) is 0 Å². The maximum Gasteiger partial charge on any atom is 0.246 e. The Hall–Kier alpha value is -1.69. The Morgan fingerprint density at radius 1 is 1.12 bits per heavy atom. The van der Waals surface area contributed by atoms with E-state index in [9.17, 15) is 9.59 Å². The topological polar surface area (TPSA) is 49.9 Å². The summed E-state index contributed by atoms with van der Waals surface area (Å²) in [7, 11) is 1.75. The molecule has 0 spiro atoms. The van der Waals surface area contributed by atoms with Crippen LogP contribution >= 0.6 is 11.8 Å². The molecule has 32 heavy (non-hydrogen) atoms. The molecule has 2 aliphatic heterocycles. The highest BCUT2D eigenvalue weighted by Crippen LogP contribution is 2.33. The van der Waals surface area contributed by atoms with Crippen LogP contribution in [-0.2, 0) is 22.4 Å². The molecular formula is C26H38N2O3S. The number of benzene rings is 1. The molecule has 1 aromatic carbocycles. The molecule has 2 heterocycles. The van der Waals surface area contributed by atoms with Crippen LogP contribution in [0.2, 0.25) is 0 Å². The number of thioether (sulfide) groups is 1. The van der Waals surface area contributed by atoms with Gasteiger partial charge in [0.2, 0.25) is 11.8 Å². The van der Waals surface area contributed by atoms with Gasteiger partial charge in [-0.1, -0.05) is 25.3 Å². The average Bonchev–Trinajstić information content (AvgIpc) is 3.50. The first kappa shape index (κ1) is 23.5. The summed E-state index contributed by atoms with van der Waals surface area (Å²) in [4.78, 5) is 29.4. The van der Waals surface area contributed by atoms with E-state index in [2.05, 4.69) is 19.1 Å². The largest absolute Gasteiger partial charge is 0.496 e. The minimum absolute atomic E-state index is 0.172. The van der Waals surface area contributed by atoms with Gasteiger partial charge >= 0.3 is 0 Å². The Bertz CT molecular complexity index is 822. The van der Waals surface area contributed by atoms with Gasteiger partial charge in [0.25, 0.3) is 0 Å². The second kappa shape index (κ2) is 11.0. The van der Waals surface area contributed by atoms with E-state index >= 15 is 0 Å². The summed E-state index contributed by atoms with van der Waals surface area (Å²) < 4.78 is 5.48. The van der Waals surface area contributed by atoms with Crippen LogP contribution in [0.15, 0.2) is 12.1 Å². The zero-order chi connectivity index (χ0) is 22.5. The minimum Gasteiger partial charge on any atom is -0.496 e. The number of nitrogens with zero attached hydrogens (tertiary/aromatic N) is 2. The van der Waals surface area contributed by atoms with E-state index in [4.69, 9.17) is 4.74 Å². The third-order valence-electron chi connectivity index (χ3n) is 7.47. The molecule has 5 nitrogen and oxygen atoms in total. The van der Waals surface area contributed by atoms with Gasteiger partial charge in [0.1, 0.15) is 11.8 Å². The molecule has 0 saturated carbocycles. The highest BCUT2D eigenvalue weighted by atomic mass is 32.2. The Kier molecular flexibility index (Phi) is 8.03. The zero-order valence-electron chi connectivity index (χ0n) is 19.7. The van der Waals surface area contributed by atoms with Crippen molar-refractivity contribution in [3.05, 3.63) is 28.8 Å². The SMILES string of the molecule is COc1cc2c(cc1C)CC(CCCCCC(=O)N1CCC[C@@H]1C(=O)N1CCSC1)CC2. The number of likely N-dealkylation sites (tertiary alicyclic amines) is 1. The fourth-order valence-corrected chi connectivity index (χ4v) is 6.56. The minimum atomic E-state index is -0.203. The van der Waals surface area contributed by atoms with Crippen molar-refractivity contribution in [1.82, 2.24) is 9.80 Å². The van der Waals surface area contributed by atoms with Crippen molar-refractivity contribution in [2.24, 2.45) is 5.92 Å². The van der Waals surface area contributed by atoms with Crippen LogP contribution in [0.1, 0.15) is 68.1 Å². The third kappa shape index (κ3) is 5.44. The van der Waals surface area contributed by atoms with Crippen molar-refractivity contribution < 1.29 is 14.3 Å². The van der Waals surface area contributed by atoms with E-state index in [0.717, 1.165) is 68.5 Å². The number of carbonyl (C=O) groups is 2. The molecule has 2 amide bonds. The Labute approximate surface area is 197 Å². The Morgan fingerprint density at radius 2 is 2.00 bits per heavy atom. The van der Waals surface area contributed by atoms with E-state index in [1.807, 2.05) is 9.80 Å². The average molecular weight is 459 g/mol. The lowest BCUT2D eigenvalue weighted by molar-refractivity contribution is -0.143. The van der Waals surface area contributed by atoms with Gasteiger partial charge in [-0.25, -0.2) is 0 Å². The molecule has 3 aliphatic rings. The van der Waals surface area contributed by atoms with Crippen LogP contribution in [0, 0.1) is 12.8 Å². The van der Waals surface area contributed by atoms with Crippen LogP contribution in [0.25, 0.3) is 0 Å². The van der Waals surface area contributed by atoms with Crippen molar-refractivity contribution in [2.45, 2.75) is 77.2 Å². The van der Waals surface area contributed by atoms with Gasteiger partial charge in [0.05, 0.1) is 13.0 Å². The lowest BCUT2D eigenvalue weighted by Gasteiger charge is -2.27. The molecule has 2 saturated heterocycles. The standard InChI is InChI=1S/C26H38N2O3S/c1-19-15-22-16-20(10-11-21(22)17-24(19)31-2)7-4-3-5-9-25(29)28-12-6-8-23(28)26(30)27-13-14-32-18-27/h15,17,20,23H,3-14,16,18H2,1-2H3/t20?,23-/m1/s1. The first-order valence-corrected chi connectivity index (χ1v) is 13.5. The molecule has 0 N–H and O–H groups in total. The van der Waals surface area contributed by atoms with Crippen molar-refractivity contribution in [3.63, 3.8) is 0 Å². The zero-order valence-corrected chi connectivity index (χ0v) is 20.6. The van der Waals surface area contributed by atoms with Gasteiger partial charge < -0.3 is 14.5 Å². The number of amides is 2. The lowest BCUT2D eigenvalue weighted by Crippen LogP contribution is -2.46. The fourth-order valence-electron chi connectivity index (χ4n) is 5.60. The predicted molar refractivity (Wildman–Crippen MR) is 130 cm³/mol. The van der Waals surface area contributed by atoms with Gasteiger partial charge in [-0.3, -0.25) is 9.59 Å². The first-order valence-electron chi connectivity index (χ1n) is 12.4. The number of unbranched alkanes of at least 4 members (excludes halogenated alkanes) is 2.